The molecule has 4 heteroatoms. The Morgan fingerprint density at radius 2 is 2.32 bits per heavy atom. The Kier molecular flexibility index (Phi) is 4.48. The molecule has 1 amide bonds. The standard InChI is InChI=1S/C15H18ClNO2/c1-10-7-13(14(19-2)9-12(10)16)17-15(18)8-11-5-3-4-6-11/h3,5,7,9,11H,4,6,8H2,1-2H3,(H,17,18)/t11-/m0/s1. The van der Waals surface area contributed by atoms with Gasteiger partial charge in [-0.3, -0.25) is 4.79 Å². The largest absolute Gasteiger partial charge is 0.495 e. The number of ether oxygens (including phenoxy) is 1. The maximum Gasteiger partial charge on any atom is 0.225 e. The lowest BCUT2D eigenvalue weighted by molar-refractivity contribution is -0.116. The summed E-state index contributed by atoms with van der Waals surface area (Å²) in [5.41, 5.74) is 1.59. The van der Waals surface area contributed by atoms with Crippen LogP contribution in [0.1, 0.15) is 24.8 Å². The first kappa shape index (κ1) is 13.9. The van der Waals surface area contributed by atoms with Gasteiger partial charge in [-0.2, -0.15) is 0 Å². The molecule has 1 atom stereocenters. The second-order valence-corrected chi connectivity index (χ2v) is 5.23. The zero-order chi connectivity index (χ0) is 13.8. The van der Waals surface area contributed by atoms with E-state index in [9.17, 15) is 4.79 Å². The van der Waals surface area contributed by atoms with Crippen LogP contribution in [0.2, 0.25) is 5.02 Å². The van der Waals surface area contributed by atoms with E-state index in [2.05, 4.69) is 17.5 Å². The molecule has 1 aliphatic carbocycles. The minimum absolute atomic E-state index is 0.0107. The molecule has 0 unspecified atom stereocenters. The SMILES string of the molecule is COc1cc(Cl)c(C)cc1NC(=O)C[C@H]1C=CCC1. The zero-order valence-electron chi connectivity index (χ0n) is 11.2. The molecule has 0 radical (unpaired) electrons. The van der Waals surface area contributed by atoms with E-state index in [4.69, 9.17) is 16.3 Å². The van der Waals surface area contributed by atoms with Gasteiger partial charge in [-0.25, -0.2) is 0 Å². The minimum atomic E-state index is 0.0107. The lowest BCUT2D eigenvalue weighted by atomic mass is 10.0. The zero-order valence-corrected chi connectivity index (χ0v) is 12.0. The quantitative estimate of drug-likeness (QED) is 0.848. The number of benzene rings is 1. The molecule has 0 saturated carbocycles. The third kappa shape index (κ3) is 3.51. The number of aryl methyl sites for hydroxylation is 1. The highest BCUT2D eigenvalue weighted by atomic mass is 35.5. The first-order valence-electron chi connectivity index (χ1n) is 6.41. The number of amides is 1. The van der Waals surface area contributed by atoms with Crippen LogP contribution in [0.15, 0.2) is 24.3 Å². The number of anilines is 1. The molecule has 1 N–H and O–H groups in total. The van der Waals surface area contributed by atoms with Crippen molar-refractivity contribution >= 4 is 23.2 Å². The maximum atomic E-state index is 12.0. The van der Waals surface area contributed by atoms with Crippen molar-refractivity contribution in [2.24, 2.45) is 5.92 Å². The molecule has 1 aromatic rings. The molecule has 1 aliphatic rings. The van der Waals surface area contributed by atoms with Gasteiger partial charge in [0.2, 0.25) is 5.91 Å². The van der Waals surface area contributed by atoms with Gasteiger partial charge in [0, 0.05) is 17.5 Å². The van der Waals surface area contributed by atoms with Gasteiger partial charge in [0.1, 0.15) is 5.75 Å². The van der Waals surface area contributed by atoms with Crippen LogP contribution in [0.4, 0.5) is 5.69 Å². The predicted octanol–water partition coefficient (Wildman–Crippen LogP) is 3.95. The number of allylic oxidation sites excluding steroid dienone is 2. The molecule has 0 spiro atoms. The summed E-state index contributed by atoms with van der Waals surface area (Å²) >= 11 is 6.04. The van der Waals surface area contributed by atoms with Crippen molar-refractivity contribution in [1.29, 1.82) is 0 Å². The maximum absolute atomic E-state index is 12.0. The highest BCUT2D eigenvalue weighted by molar-refractivity contribution is 6.31. The molecule has 1 aromatic carbocycles. The van der Waals surface area contributed by atoms with Gasteiger partial charge in [0.25, 0.3) is 0 Å². The Bertz CT molecular complexity index is 511. The summed E-state index contributed by atoms with van der Waals surface area (Å²) in [6.45, 7) is 1.90. The fourth-order valence-corrected chi connectivity index (χ4v) is 2.39. The van der Waals surface area contributed by atoms with Gasteiger partial charge in [0.05, 0.1) is 12.8 Å². The number of carbonyl (C=O) groups excluding carboxylic acids is 1. The number of methoxy groups -OCH3 is 1. The Balaban J connectivity index is 2.07. The van der Waals surface area contributed by atoms with Gasteiger partial charge in [-0.05, 0) is 37.3 Å². The van der Waals surface area contributed by atoms with Crippen LogP contribution in [0.5, 0.6) is 5.75 Å². The monoisotopic (exact) mass is 279 g/mol. The van der Waals surface area contributed by atoms with Crippen LogP contribution >= 0.6 is 11.6 Å². The number of hydrogen-bond donors (Lipinski definition) is 1. The minimum Gasteiger partial charge on any atom is -0.495 e. The van der Waals surface area contributed by atoms with E-state index < -0.39 is 0 Å². The number of rotatable bonds is 4. The van der Waals surface area contributed by atoms with Gasteiger partial charge in [0.15, 0.2) is 0 Å². The molecule has 0 aromatic heterocycles. The summed E-state index contributed by atoms with van der Waals surface area (Å²) in [5, 5.41) is 3.53. The average Bonchev–Trinajstić information content (AvgIpc) is 2.86. The highest BCUT2D eigenvalue weighted by Crippen LogP contribution is 2.31. The Morgan fingerprint density at radius 1 is 1.53 bits per heavy atom. The molecule has 0 bridgehead atoms. The van der Waals surface area contributed by atoms with Gasteiger partial charge >= 0.3 is 0 Å². The second kappa shape index (κ2) is 6.11. The first-order chi connectivity index (χ1) is 9.10. The van der Waals surface area contributed by atoms with E-state index >= 15 is 0 Å². The van der Waals surface area contributed by atoms with Crippen molar-refractivity contribution in [3.05, 3.63) is 34.9 Å². The van der Waals surface area contributed by atoms with Crippen molar-refractivity contribution < 1.29 is 9.53 Å². The summed E-state index contributed by atoms with van der Waals surface area (Å²) in [4.78, 5) is 12.0. The molecule has 19 heavy (non-hydrogen) atoms. The second-order valence-electron chi connectivity index (χ2n) is 4.82. The van der Waals surface area contributed by atoms with E-state index in [1.54, 1.807) is 13.2 Å². The normalized spacial score (nSPS) is 17.5. The molecule has 2 rings (SSSR count). The summed E-state index contributed by atoms with van der Waals surface area (Å²) in [5.74, 6) is 0.960. The smallest absolute Gasteiger partial charge is 0.225 e. The fourth-order valence-electron chi connectivity index (χ4n) is 2.23. The van der Waals surface area contributed by atoms with E-state index in [1.807, 2.05) is 13.0 Å². The van der Waals surface area contributed by atoms with E-state index in [1.165, 1.54) is 0 Å². The summed E-state index contributed by atoms with van der Waals surface area (Å²) in [6.07, 6.45) is 6.89. The Morgan fingerprint density at radius 3 is 2.95 bits per heavy atom. The predicted molar refractivity (Wildman–Crippen MR) is 77.9 cm³/mol. The number of hydrogen-bond acceptors (Lipinski definition) is 2. The van der Waals surface area contributed by atoms with E-state index in [0.717, 1.165) is 18.4 Å². The van der Waals surface area contributed by atoms with Crippen LogP contribution < -0.4 is 10.1 Å². The Hall–Kier alpha value is -1.48. The average molecular weight is 280 g/mol. The number of halogens is 1. The Labute approximate surface area is 118 Å². The van der Waals surface area contributed by atoms with Crippen molar-refractivity contribution in [2.75, 3.05) is 12.4 Å². The van der Waals surface area contributed by atoms with Crippen LogP contribution in [0, 0.1) is 12.8 Å². The molecule has 0 saturated heterocycles. The summed E-state index contributed by atoms with van der Waals surface area (Å²) in [7, 11) is 1.57. The van der Waals surface area contributed by atoms with E-state index in [-0.39, 0.29) is 5.91 Å². The van der Waals surface area contributed by atoms with Crippen molar-refractivity contribution in [3.63, 3.8) is 0 Å². The van der Waals surface area contributed by atoms with Crippen LogP contribution in [0.25, 0.3) is 0 Å². The lowest BCUT2D eigenvalue weighted by Gasteiger charge is -2.13. The van der Waals surface area contributed by atoms with Crippen molar-refractivity contribution in [2.45, 2.75) is 26.2 Å². The molecular formula is C15H18ClNO2. The third-order valence-corrected chi connectivity index (χ3v) is 3.72. The molecule has 3 nitrogen and oxygen atoms in total. The van der Waals surface area contributed by atoms with Crippen LogP contribution in [-0.2, 0) is 4.79 Å². The molecule has 0 heterocycles. The molecule has 0 aliphatic heterocycles. The van der Waals surface area contributed by atoms with Gasteiger partial charge in [-0.15, -0.1) is 0 Å². The number of nitrogens with one attached hydrogen (secondary N) is 1. The highest BCUT2D eigenvalue weighted by Gasteiger charge is 2.16. The van der Waals surface area contributed by atoms with E-state index in [0.29, 0.717) is 28.8 Å². The summed E-state index contributed by atoms with van der Waals surface area (Å²) < 4.78 is 5.24. The van der Waals surface area contributed by atoms with Gasteiger partial charge < -0.3 is 10.1 Å². The molecule has 0 fully saturated rings. The molecular weight excluding hydrogens is 262 g/mol. The van der Waals surface area contributed by atoms with Crippen molar-refractivity contribution in [3.8, 4) is 5.75 Å². The van der Waals surface area contributed by atoms with Crippen LogP contribution in [-0.4, -0.2) is 13.0 Å². The van der Waals surface area contributed by atoms with Crippen LogP contribution in [0.3, 0.4) is 0 Å². The lowest BCUT2D eigenvalue weighted by Crippen LogP contribution is -2.15. The topological polar surface area (TPSA) is 38.3 Å². The first-order valence-corrected chi connectivity index (χ1v) is 6.78. The van der Waals surface area contributed by atoms with Crippen molar-refractivity contribution in [1.82, 2.24) is 0 Å². The number of carbonyl (C=O) groups is 1. The third-order valence-electron chi connectivity index (χ3n) is 3.31. The summed E-state index contributed by atoms with van der Waals surface area (Å²) in [6, 6.07) is 3.56. The van der Waals surface area contributed by atoms with Gasteiger partial charge in [-0.1, -0.05) is 23.8 Å². The molecule has 102 valence electrons. The fraction of sp³-hybridized carbons (Fsp3) is 0.400.